The lowest BCUT2D eigenvalue weighted by Crippen LogP contribution is -2.55. The molecule has 0 spiro atoms. The highest BCUT2D eigenvalue weighted by Crippen LogP contribution is 2.23. The van der Waals surface area contributed by atoms with Crippen LogP contribution in [-0.4, -0.2) is 68.8 Å². The highest BCUT2D eigenvalue weighted by Gasteiger charge is 2.27. The Morgan fingerprint density at radius 3 is 2.46 bits per heavy atom. The molecule has 0 amide bonds. The summed E-state index contributed by atoms with van der Waals surface area (Å²) in [5, 5.41) is 0. The average molecular weight is 358 g/mol. The monoisotopic (exact) mass is 357 g/mol. The Morgan fingerprint density at radius 2 is 1.81 bits per heavy atom. The highest BCUT2D eigenvalue weighted by molar-refractivity contribution is 5.49. The van der Waals surface area contributed by atoms with Gasteiger partial charge in [-0.3, -0.25) is 4.90 Å². The first-order chi connectivity index (χ1) is 12.7. The summed E-state index contributed by atoms with van der Waals surface area (Å²) in [5.74, 6) is 0.933. The van der Waals surface area contributed by atoms with E-state index in [1.807, 2.05) is 0 Å². The number of nitrogens with zero attached hydrogens (tertiary/aromatic N) is 3. The third-order valence-corrected chi connectivity index (χ3v) is 5.75. The van der Waals surface area contributed by atoms with Crippen LogP contribution < -0.4 is 9.64 Å². The van der Waals surface area contributed by atoms with Crippen molar-refractivity contribution < 1.29 is 4.74 Å². The van der Waals surface area contributed by atoms with E-state index in [9.17, 15) is 0 Å². The quantitative estimate of drug-likeness (QED) is 0.724. The van der Waals surface area contributed by atoms with Gasteiger partial charge in [0, 0.05) is 51.0 Å². The summed E-state index contributed by atoms with van der Waals surface area (Å²) in [6.07, 6.45) is 6.28. The van der Waals surface area contributed by atoms with E-state index in [-0.39, 0.29) is 0 Å². The molecule has 1 aromatic rings. The Bertz CT molecular complexity index is 572. The van der Waals surface area contributed by atoms with Crippen LogP contribution >= 0.6 is 0 Å². The van der Waals surface area contributed by atoms with Crippen LogP contribution in [0.3, 0.4) is 0 Å². The largest absolute Gasteiger partial charge is 0.497 e. The zero-order valence-corrected chi connectivity index (χ0v) is 16.8. The third-order valence-electron chi connectivity index (χ3n) is 5.75. The molecule has 0 radical (unpaired) electrons. The molecule has 2 heterocycles. The second kappa shape index (κ2) is 9.43. The van der Waals surface area contributed by atoms with Gasteiger partial charge >= 0.3 is 0 Å². The molecule has 4 nitrogen and oxygen atoms in total. The lowest BCUT2D eigenvalue weighted by molar-refractivity contribution is 0.0936. The number of likely N-dealkylation sites (tertiary alicyclic amines) is 1. The summed E-state index contributed by atoms with van der Waals surface area (Å²) in [7, 11) is 1.72. The molecule has 2 fully saturated rings. The first kappa shape index (κ1) is 19.2. The van der Waals surface area contributed by atoms with E-state index >= 15 is 0 Å². The smallest absolute Gasteiger partial charge is 0.119 e. The Kier molecular flexibility index (Phi) is 6.98. The van der Waals surface area contributed by atoms with E-state index in [2.05, 4.69) is 58.9 Å². The van der Waals surface area contributed by atoms with E-state index in [4.69, 9.17) is 4.74 Å². The number of piperidine rings is 1. The Labute approximate surface area is 159 Å². The summed E-state index contributed by atoms with van der Waals surface area (Å²) in [6.45, 7) is 12.7. The van der Waals surface area contributed by atoms with Crippen LogP contribution in [0.5, 0.6) is 5.75 Å². The van der Waals surface area contributed by atoms with Gasteiger partial charge in [0.25, 0.3) is 0 Å². The van der Waals surface area contributed by atoms with E-state index in [0.717, 1.165) is 24.9 Å². The zero-order valence-electron chi connectivity index (χ0n) is 16.8. The molecule has 2 aliphatic heterocycles. The molecule has 0 aliphatic carbocycles. The number of piperazine rings is 1. The van der Waals surface area contributed by atoms with Crippen molar-refractivity contribution in [2.75, 3.05) is 57.8 Å². The van der Waals surface area contributed by atoms with Crippen LogP contribution in [0.15, 0.2) is 35.9 Å². The molecule has 0 unspecified atom stereocenters. The molecule has 3 rings (SSSR count). The number of hydrogen-bond donors (Lipinski definition) is 0. The molecule has 2 aliphatic rings. The van der Waals surface area contributed by atoms with Crippen molar-refractivity contribution in [3.63, 3.8) is 0 Å². The van der Waals surface area contributed by atoms with Gasteiger partial charge in [0.1, 0.15) is 5.75 Å². The summed E-state index contributed by atoms with van der Waals surface area (Å²) in [4.78, 5) is 7.90. The van der Waals surface area contributed by atoms with Gasteiger partial charge in [-0.2, -0.15) is 0 Å². The molecular formula is C22H35N3O. The van der Waals surface area contributed by atoms with Crippen LogP contribution in [0, 0.1) is 0 Å². The lowest BCUT2D eigenvalue weighted by atomic mass is 10.0. The first-order valence-corrected chi connectivity index (χ1v) is 10.1. The standard InChI is InChI=1S/C22H35N3O/c1-19(2)6-4-12-23-13-5-7-21(18-23)25-16-14-24(15-17-25)20-8-10-22(26-3)11-9-20/h6,8-11,21H,4-5,7,12-18H2,1-3H3/t21-/m0/s1. The molecule has 26 heavy (non-hydrogen) atoms. The summed E-state index contributed by atoms with van der Waals surface area (Å²) in [5.41, 5.74) is 2.76. The maximum Gasteiger partial charge on any atom is 0.119 e. The number of benzene rings is 1. The normalized spacial score (nSPS) is 22.3. The summed E-state index contributed by atoms with van der Waals surface area (Å²) in [6, 6.07) is 9.23. The van der Waals surface area contributed by atoms with E-state index in [0.29, 0.717) is 0 Å². The van der Waals surface area contributed by atoms with E-state index in [1.165, 1.54) is 63.2 Å². The van der Waals surface area contributed by atoms with E-state index in [1.54, 1.807) is 7.11 Å². The molecule has 0 N–H and O–H groups in total. The van der Waals surface area contributed by atoms with Crippen molar-refractivity contribution in [1.82, 2.24) is 9.80 Å². The van der Waals surface area contributed by atoms with Gasteiger partial charge in [-0.25, -0.2) is 0 Å². The molecule has 0 saturated carbocycles. The van der Waals surface area contributed by atoms with Crippen LogP contribution in [0.25, 0.3) is 0 Å². The van der Waals surface area contributed by atoms with Gasteiger partial charge in [0.2, 0.25) is 0 Å². The molecule has 4 heteroatoms. The van der Waals surface area contributed by atoms with Gasteiger partial charge in [0.05, 0.1) is 7.11 Å². The van der Waals surface area contributed by atoms with Crippen molar-refractivity contribution in [2.45, 2.75) is 39.2 Å². The number of ether oxygens (including phenoxy) is 1. The minimum absolute atomic E-state index is 0.744. The maximum absolute atomic E-state index is 5.27. The molecule has 1 aromatic carbocycles. The molecule has 2 saturated heterocycles. The van der Waals surface area contributed by atoms with Crippen LogP contribution in [0.2, 0.25) is 0 Å². The number of rotatable bonds is 6. The minimum atomic E-state index is 0.744. The minimum Gasteiger partial charge on any atom is -0.497 e. The molecule has 0 bridgehead atoms. The van der Waals surface area contributed by atoms with Crippen LogP contribution in [0.1, 0.15) is 33.1 Å². The van der Waals surface area contributed by atoms with Crippen molar-refractivity contribution in [3.8, 4) is 5.75 Å². The van der Waals surface area contributed by atoms with Crippen molar-refractivity contribution in [3.05, 3.63) is 35.9 Å². The van der Waals surface area contributed by atoms with Crippen LogP contribution in [0.4, 0.5) is 5.69 Å². The van der Waals surface area contributed by atoms with Crippen LogP contribution in [-0.2, 0) is 0 Å². The molecule has 1 atom stereocenters. The highest BCUT2D eigenvalue weighted by atomic mass is 16.5. The fourth-order valence-electron chi connectivity index (χ4n) is 4.21. The van der Waals surface area contributed by atoms with E-state index < -0.39 is 0 Å². The second-order valence-corrected chi connectivity index (χ2v) is 7.89. The Morgan fingerprint density at radius 1 is 1.08 bits per heavy atom. The fourth-order valence-corrected chi connectivity index (χ4v) is 4.21. The number of hydrogen-bond acceptors (Lipinski definition) is 4. The predicted octanol–water partition coefficient (Wildman–Crippen LogP) is 3.64. The van der Waals surface area contributed by atoms with Gasteiger partial charge in [-0.1, -0.05) is 11.6 Å². The SMILES string of the molecule is COc1ccc(N2CCN([C@H]3CCCN(CCC=C(C)C)C3)CC2)cc1. The number of methoxy groups -OCH3 is 1. The van der Waals surface area contributed by atoms with Gasteiger partial charge < -0.3 is 14.5 Å². The van der Waals surface area contributed by atoms with Crippen molar-refractivity contribution in [2.24, 2.45) is 0 Å². The third kappa shape index (κ3) is 5.24. The number of anilines is 1. The predicted molar refractivity (Wildman–Crippen MR) is 110 cm³/mol. The zero-order chi connectivity index (χ0) is 18.4. The molecular weight excluding hydrogens is 322 g/mol. The average Bonchev–Trinajstić information content (AvgIpc) is 2.68. The maximum atomic E-state index is 5.27. The Balaban J connectivity index is 1.47. The van der Waals surface area contributed by atoms with Gasteiger partial charge in [-0.05, 0) is 63.9 Å². The van der Waals surface area contributed by atoms with Crippen molar-refractivity contribution >= 4 is 5.69 Å². The first-order valence-electron chi connectivity index (χ1n) is 10.1. The Hall–Kier alpha value is -1.52. The summed E-state index contributed by atoms with van der Waals surface area (Å²) < 4.78 is 5.27. The second-order valence-electron chi connectivity index (χ2n) is 7.89. The number of allylic oxidation sites excluding steroid dienone is 1. The molecule has 144 valence electrons. The lowest BCUT2D eigenvalue weighted by Gasteiger charge is -2.44. The topological polar surface area (TPSA) is 19.0 Å². The van der Waals surface area contributed by atoms with Gasteiger partial charge in [-0.15, -0.1) is 0 Å². The van der Waals surface area contributed by atoms with Gasteiger partial charge in [0.15, 0.2) is 0 Å². The summed E-state index contributed by atoms with van der Waals surface area (Å²) >= 11 is 0. The molecule has 0 aromatic heterocycles. The fraction of sp³-hybridized carbons (Fsp3) is 0.636. The van der Waals surface area contributed by atoms with Crippen molar-refractivity contribution in [1.29, 1.82) is 0 Å².